The van der Waals surface area contributed by atoms with Gasteiger partial charge in [0.25, 0.3) is 5.56 Å². The Hall–Kier alpha value is -2.22. The average molecular weight is 884 g/mol. The van der Waals surface area contributed by atoms with Gasteiger partial charge < -0.3 is 36.8 Å². The topological polar surface area (TPSA) is 152 Å². The maximum atomic E-state index is 14.1. The zero-order valence-electron chi connectivity index (χ0n) is 38.5. The smallest absolute Gasteiger partial charge is 0.453 e. The van der Waals surface area contributed by atoms with Gasteiger partial charge in [-0.15, -0.1) is 0 Å². The van der Waals surface area contributed by atoms with E-state index in [0.717, 1.165) is 10.1 Å². The Labute approximate surface area is 353 Å². The van der Waals surface area contributed by atoms with Crippen LogP contribution in [0.3, 0.4) is 0 Å². The van der Waals surface area contributed by atoms with Crippen LogP contribution in [-0.2, 0) is 38.2 Å². The van der Waals surface area contributed by atoms with E-state index in [4.69, 9.17) is 41.8 Å². The lowest BCUT2D eigenvalue weighted by molar-refractivity contribution is -0.769. The minimum absolute atomic E-state index is 0.0575. The summed E-state index contributed by atoms with van der Waals surface area (Å²) in [5.41, 5.74) is -0.228. The van der Waals surface area contributed by atoms with Crippen LogP contribution in [0.5, 0.6) is 11.9 Å². The molecule has 2 fully saturated rings. The Bertz CT molecular complexity index is 1970. The highest BCUT2D eigenvalue weighted by atomic mass is 31.2. The van der Waals surface area contributed by atoms with E-state index in [-0.39, 0.29) is 60.3 Å². The van der Waals surface area contributed by atoms with E-state index in [1.54, 1.807) is 20.8 Å². The van der Waals surface area contributed by atoms with Crippen molar-refractivity contribution < 1.29 is 46.0 Å². The van der Waals surface area contributed by atoms with Crippen molar-refractivity contribution in [2.75, 3.05) is 26.4 Å². The van der Waals surface area contributed by atoms with Gasteiger partial charge in [0.2, 0.25) is 6.23 Å². The number of hydrogen-bond acceptors (Lipinski definition) is 12. The van der Waals surface area contributed by atoms with E-state index in [2.05, 4.69) is 81.6 Å². The quantitative estimate of drug-likeness (QED) is 0.0775. The van der Waals surface area contributed by atoms with Gasteiger partial charge in [0.1, 0.15) is 43.1 Å². The highest BCUT2D eigenvalue weighted by Crippen LogP contribution is 2.49. The molecule has 2 saturated heterocycles. The minimum Gasteiger partial charge on any atom is -0.453 e. The van der Waals surface area contributed by atoms with Crippen molar-refractivity contribution >= 4 is 24.2 Å². The van der Waals surface area contributed by atoms with Gasteiger partial charge in [0.05, 0.1) is 38.4 Å². The van der Waals surface area contributed by atoms with Crippen LogP contribution in [-0.4, -0.2) is 81.6 Å². The molecule has 18 heteroatoms. The van der Waals surface area contributed by atoms with Crippen LogP contribution < -0.4 is 25.3 Å². The van der Waals surface area contributed by atoms with Crippen LogP contribution >= 0.6 is 7.60 Å². The van der Waals surface area contributed by atoms with Gasteiger partial charge >= 0.3 is 25.2 Å². The number of hydrogen-bond donors (Lipinski definition) is 0. The fourth-order valence-electron chi connectivity index (χ4n) is 7.65. The minimum atomic E-state index is -3.80. The lowest BCUT2D eigenvalue weighted by Crippen LogP contribution is -2.48. The van der Waals surface area contributed by atoms with Crippen molar-refractivity contribution in [2.24, 2.45) is 11.8 Å². The number of ether oxygens (including phenoxy) is 4. The Kier molecular flexibility index (Phi) is 14.5. The van der Waals surface area contributed by atoms with Gasteiger partial charge in [-0.3, -0.25) is 13.9 Å². The summed E-state index contributed by atoms with van der Waals surface area (Å²) in [6, 6.07) is 0.399. The largest absolute Gasteiger partial charge is 0.504 e. The second-order valence-electron chi connectivity index (χ2n) is 19.2. The molecule has 2 aromatic rings. The summed E-state index contributed by atoms with van der Waals surface area (Å²) in [5, 5.41) is 0.0150. The molecule has 334 valence electrons. The van der Waals surface area contributed by atoms with E-state index in [9.17, 15) is 14.2 Å². The molecule has 0 amide bonds. The molecule has 15 nitrogen and oxygen atoms in total. The third kappa shape index (κ3) is 9.73. The number of aromatic nitrogens is 4. The van der Waals surface area contributed by atoms with Crippen LogP contribution in [0.1, 0.15) is 106 Å². The van der Waals surface area contributed by atoms with Gasteiger partial charge in [-0.05, 0) is 75.8 Å². The molecule has 2 bridgehead atoms. The maximum absolute atomic E-state index is 14.1. The van der Waals surface area contributed by atoms with Crippen molar-refractivity contribution in [1.82, 2.24) is 14.1 Å². The summed E-state index contributed by atoms with van der Waals surface area (Å²) in [6.45, 7) is 34.7. The third-order valence-corrected chi connectivity index (χ3v) is 25.2. The summed E-state index contributed by atoms with van der Waals surface area (Å²) in [6.07, 6.45) is 1.08. The van der Waals surface area contributed by atoms with Crippen molar-refractivity contribution in [3.05, 3.63) is 44.4 Å². The highest BCUT2D eigenvalue weighted by molar-refractivity contribution is 7.52. The molecule has 0 spiro atoms. The number of nitrogens with zero attached hydrogens (tertiary/aromatic N) is 4. The molecule has 0 saturated carbocycles. The predicted molar refractivity (Wildman–Crippen MR) is 230 cm³/mol. The molecular formula is C41H72N4O11PSi2+. The van der Waals surface area contributed by atoms with E-state index in [0.29, 0.717) is 36.8 Å². The molecule has 0 radical (unpaired) electrons. The van der Waals surface area contributed by atoms with E-state index < -0.39 is 60.2 Å². The molecule has 2 aromatic heterocycles. The van der Waals surface area contributed by atoms with Crippen molar-refractivity contribution in [3.8, 4) is 11.9 Å². The summed E-state index contributed by atoms with van der Waals surface area (Å²) >= 11 is 0. The van der Waals surface area contributed by atoms with Gasteiger partial charge in [-0.1, -0.05) is 55.4 Å². The molecule has 6 atom stereocenters. The second kappa shape index (κ2) is 17.9. The summed E-state index contributed by atoms with van der Waals surface area (Å²) in [5.74, 6) is 1.23. The van der Waals surface area contributed by atoms with E-state index in [1.165, 1.54) is 10.8 Å². The molecule has 0 aromatic carbocycles. The van der Waals surface area contributed by atoms with E-state index in [1.807, 2.05) is 17.7 Å². The van der Waals surface area contributed by atoms with Gasteiger partial charge in [0.15, 0.2) is 16.6 Å². The first-order valence-corrected chi connectivity index (χ1v) is 28.9. The van der Waals surface area contributed by atoms with Gasteiger partial charge in [-0.2, -0.15) is 4.57 Å². The molecule has 3 aliphatic rings. The molecule has 0 aliphatic carbocycles. The lowest BCUT2D eigenvalue weighted by Gasteiger charge is -2.43. The normalized spacial score (nSPS) is 23.9. The molecule has 5 heterocycles. The average Bonchev–Trinajstić information content (AvgIpc) is 3.70. The molecule has 5 rings (SSSR count). The first kappa shape index (κ1) is 47.8. The number of aryl methyl sites for hydroxylation is 2. The first-order valence-electron chi connectivity index (χ1n) is 21.3. The lowest BCUT2D eigenvalue weighted by atomic mass is 9.99. The zero-order chi connectivity index (χ0) is 44.0. The molecular weight excluding hydrogens is 812 g/mol. The molecule has 59 heavy (non-hydrogen) atoms. The van der Waals surface area contributed by atoms with Gasteiger partial charge in [0, 0.05) is 23.2 Å². The second-order valence-corrected chi connectivity index (χ2v) is 30.4. The van der Waals surface area contributed by atoms with Crippen molar-refractivity contribution in [2.45, 2.75) is 175 Å². The maximum Gasteiger partial charge on any atom is 0.504 e. The fraction of sp³-hybridized carbons (Fsp3) is 0.805. The highest BCUT2D eigenvalue weighted by Gasteiger charge is 2.51. The van der Waals surface area contributed by atoms with Gasteiger partial charge in [-0.25, -0.2) is 9.36 Å². The Balaban J connectivity index is 1.43. The number of fused-ring (bicyclic) bond motifs is 4. The first-order chi connectivity index (χ1) is 27.3. The zero-order valence-corrected chi connectivity index (χ0v) is 41.3. The Morgan fingerprint density at radius 2 is 1.44 bits per heavy atom. The third-order valence-electron chi connectivity index (χ3n) is 14.1. The summed E-state index contributed by atoms with van der Waals surface area (Å²) in [7, 11) is -8.20. The van der Waals surface area contributed by atoms with Crippen LogP contribution in [0.2, 0.25) is 36.3 Å². The molecule has 0 N–H and O–H groups in total. The van der Waals surface area contributed by atoms with Crippen molar-refractivity contribution in [1.29, 1.82) is 0 Å². The van der Waals surface area contributed by atoms with E-state index >= 15 is 0 Å². The standard InChI is InChI=1S/C41H72N4O11PSi2/c1-17-49-57(48,50-18-2)25-45-37(46)29(8)22-44(39(45)47)35-19-30(32(54-35)23-51-58(13,14)40(9,10)26(3)4)55-36-28(7)21-43-34-20-31(56-38(43)42-36)33(53-34)24-52-59(15,16)41(11,12)27(5)6/h21-22,26-27,30-35H,17-20,23-25H2,1-16H3/q+1/t30-,31-,32+,33+,34+,35+/m0/s1. The monoisotopic (exact) mass is 883 g/mol. The fourth-order valence-corrected chi connectivity index (χ4v) is 14.0. The predicted octanol–water partition coefficient (Wildman–Crippen LogP) is 7.63. The Morgan fingerprint density at radius 3 is 1.98 bits per heavy atom. The summed E-state index contributed by atoms with van der Waals surface area (Å²) in [4.78, 5) is 32.3. The SMILES string of the molecule is CCOP(=O)(Cn1c(=O)c(C)cn([C@H]2C[C@H](Oc3nc4[n+](cc3C)[C@H]3C[C@H](O4)[C@@H](CO[Si](C)(C)C(C)(C)C(C)C)O3)[C@@H](CO[Si](C)(C)C(C)(C)C(C)C)O2)c1=O)OCC. The Morgan fingerprint density at radius 1 is 0.881 bits per heavy atom. The van der Waals surface area contributed by atoms with Crippen LogP contribution in [0.15, 0.2) is 22.0 Å². The number of rotatable bonds is 19. The van der Waals surface area contributed by atoms with Crippen LogP contribution in [0, 0.1) is 25.7 Å². The van der Waals surface area contributed by atoms with Crippen LogP contribution in [0.4, 0.5) is 0 Å². The van der Waals surface area contributed by atoms with Crippen LogP contribution in [0.25, 0.3) is 0 Å². The summed E-state index contributed by atoms with van der Waals surface area (Å²) < 4.78 is 68.5. The van der Waals surface area contributed by atoms with Crippen molar-refractivity contribution in [3.63, 3.8) is 0 Å². The molecule has 0 unspecified atom stereocenters. The molecule has 3 aliphatic heterocycles.